The van der Waals surface area contributed by atoms with Crippen molar-refractivity contribution >= 4 is 5.91 Å². The molecule has 3 nitrogen and oxygen atoms in total. The minimum absolute atomic E-state index is 0.0494. The van der Waals surface area contributed by atoms with Crippen molar-refractivity contribution in [1.29, 1.82) is 0 Å². The number of aliphatic hydroxyl groups excluding tert-OH is 1. The van der Waals surface area contributed by atoms with Crippen LogP contribution in [0.2, 0.25) is 0 Å². The van der Waals surface area contributed by atoms with Gasteiger partial charge in [-0.2, -0.15) is 0 Å². The van der Waals surface area contributed by atoms with E-state index in [1.807, 2.05) is 39.0 Å². The molecular weight excluding hydrogens is 238 g/mol. The van der Waals surface area contributed by atoms with Crippen LogP contribution in [0.1, 0.15) is 41.8 Å². The molecule has 19 heavy (non-hydrogen) atoms. The lowest BCUT2D eigenvalue weighted by atomic mass is 10.0. The highest BCUT2D eigenvalue weighted by Gasteiger charge is 2.15. The first-order valence-corrected chi connectivity index (χ1v) is 6.64. The molecule has 0 radical (unpaired) electrons. The summed E-state index contributed by atoms with van der Waals surface area (Å²) in [7, 11) is 0. The van der Waals surface area contributed by atoms with Crippen LogP contribution in [0.25, 0.3) is 0 Å². The Morgan fingerprint density at radius 1 is 1.32 bits per heavy atom. The van der Waals surface area contributed by atoms with Gasteiger partial charge in [-0.05, 0) is 38.5 Å². The van der Waals surface area contributed by atoms with E-state index in [2.05, 4.69) is 11.8 Å². The number of nitrogens with zero attached hydrogens (tertiary/aromatic N) is 1. The summed E-state index contributed by atoms with van der Waals surface area (Å²) >= 11 is 0. The van der Waals surface area contributed by atoms with E-state index in [-0.39, 0.29) is 12.5 Å². The van der Waals surface area contributed by atoms with Gasteiger partial charge < -0.3 is 10.0 Å². The van der Waals surface area contributed by atoms with Gasteiger partial charge in [0.25, 0.3) is 5.91 Å². The second-order valence-electron chi connectivity index (χ2n) is 4.23. The predicted molar refractivity (Wildman–Crippen MR) is 77.0 cm³/mol. The zero-order chi connectivity index (χ0) is 14.3. The van der Waals surface area contributed by atoms with Crippen LogP contribution >= 0.6 is 0 Å². The van der Waals surface area contributed by atoms with Crippen molar-refractivity contribution in [2.24, 2.45) is 0 Å². The minimum Gasteiger partial charge on any atom is -0.395 e. The number of amides is 1. The lowest BCUT2D eigenvalue weighted by Crippen LogP contribution is -2.31. The summed E-state index contributed by atoms with van der Waals surface area (Å²) < 4.78 is 0. The second kappa shape index (κ2) is 7.60. The van der Waals surface area contributed by atoms with E-state index in [0.717, 1.165) is 11.1 Å². The zero-order valence-corrected chi connectivity index (χ0v) is 11.9. The number of aliphatic hydroxyl groups is 1. The lowest BCUT2D eigenvalue weighted by Gasteiger charge is -2.20. The van der Waals surface area contributed by atoms with Crippen LogP contribution in [0, 0.1) is 18.8 Å². The molecule has 0 spiro atoms. The van der Waals surface area contributed by atoms with Gasteiger partial charge in [0.05, 0.1) is 6.61 Å². The van der Waals surface area contributed by atoms with Crippen molar-refractivity contribution in [3.63, 3.8) is 0 Å². The van der Waals surface area contributed by atoms with E-state index >= 15 is 0 Å². The zero-order valence-electron chi connectivity index (χ0n) is 11.9. The smallest absolute Gasteiger partial charge is 0.254 e. The Bertz CT molecular complexity index is 493. The number of carbonyl (C=O) groups excluding carboxylic acids is 1. The second-order valence-corrected chi connectivity index (χ2v) is 4.23. The average Bonchev–Trinajstić information content (AvgIpc) is 2.42. The fourth-order valence-corrected chi connectivity index (χ4v) is 1.90. The molecule has 1 N–H and O–H groups in total. The molecule has 0 saturated heterocycles. The van der Waals surface area contributed by atoms with Gasteiger partial charge in [-0.25, -0.2) is 0 Å². The first-order chi connectivity index (χ1) is 9.15. The van der Waals surface area contributed by atoms with Crippen LogP contribution in [0.5, 0.6) is 0 Å². The fraction of sp³-hybridized carbons (Fsp3) is 0.438. The van der Waals surface area contributed by atoms with E-state index < -0.39 is 0 Å². The summed E-state index contributed by atoms with van der Waals surface area (Å²) in [6.07, 6.45) is 0.452. The Labute approximate surface area is 115 Å². The monoisotopic (exact) mass is 259 g/mol. The molecule has 1 amide bonds. The SMILES string of the molecule is CCN(CC)C(=O)c1cccc(C#CCCO)c1C. The molecule has 1 aromatic carbocycles. The van der Waals surface area contributed by atoms with E-state index in [4.69, 9.17) is 5.11 Å². The third-order valence-corrected chi connectivity index (χ3v) is 3.07. The molecular formula is C16H21NO2. The quantitative estimate of drug-likeness (QED) is 0.842. The molecule has 0 atom stereocenters. The Kier molecular flexibility index (Phi) is 6.11. The highest BCUT2D eigenvalue weighted by Crippen LogP contribution is 2.15. The van der Waals surface area contributed by atoms with Gasteiger partial charge in [0.2, 0.25) is 0 Å². The van der Waals surface area contributed by atoms with E-state index in [1.54, 1.807) is 4.90 Å². The topological polar surface area (TPSA) is 40.5 Å². The summed E-state index contributed by atoms with van der Waals surface area (Å²) in [6.45, 7) is 7.33. The molecule has 102 valence electrons. The van der Waals surface area contributed by atoms with Crippen molar-refractivity contribution in [1.82, 2.24) is 4.90 Å². The molecule has 0 bridgehead atoms. The van der Waals surface area contributed by atoms with Gasteiger partial charge in [-0.15, -0.1) is 0 Å². The van der Waals surface area contributed by atoms with E-state index in [9.17, 15) is 4.79 Å². The lowest BCUT2D eigenvalue weighted by molar-refractivity contribution is 0.0772. The standard InChI is InChI=1S/C16H21NO2/c1-4-17(5-2)16(19)15-11-8-10-14(13(15)3)9-6-7-12-18/h8,10-11,18H,4-5,7,12H2,1-3H3. The maximum atomic E-state index is 12.3. The summed E-state index contributed by atoms with van der Waals surface area (Å²) in [6, 6.07) is 5.60. The number of rotatable bonds is 4. The molecule has 0 aliphatic heterocycles. The highest BCUT2D eigenvalue weighted by atomic mass is 16.2. The first kappa shape index (κ1) is 15.3. The van der Waals surface area contributed by atoms with Gasteiger partial charge in [0.15, 0.2) is 0 Å². The van der Waals surface area contributed by atoms with Gasteiger partial charge in [-0.1, -0.05) is 17.9 Å². The van der Waals surface area contributed by atoms with Crippen LogP contribution in [0.4, 0.5) is 0 Å². The van der Waals surface area contributed by atoms with Crippen molar-refractivity contribution in [2.45, 2.75) is 27.2 Å². The van der Waals surface area contributed by atoms with Gasteiger partial charge in [0.1, 0.15) is 0 Å². The molecule has 0 aliphatic rings. The van der Waals surface area contributed by atoms with Crippen LogP contribution < -0.4 is 0 Å². The van der Waals surface area contributed by atoms with Crippen LogP contribution in [-0.4, -0.2) is 35.6 Å². The average molecular weight is 259 g/mol. The molecule has 0 saturated carbocycles. The summed E-state index contributed by atoms with van der Waals surface area (Å²) in [5.41, 5.74) is 2.47. The molecule has 1 rings (SSSR count). The van der Waals surface area contributed by atoms with E-state index in [0.29, 0.717) is 25.1 Å². The number of carbonyl (C=O) groups is 1. The molecule has 3 heteroatoms. The summed E-state index contributed by atoms with van der Waals surface area (Å²) in [5, 5.41) is 8.73. The summed E-state index contributed by atoms with van der Waals surface area (Å²) in [5.74, 6) is 5.94. The highest BCUT2D eigenvalue weighted by molar-refractivity contribution is 5.96. The number of hydrogen-bond acceptors (Lipinski definition) is 2. The Morgan fingerprint density at radius 2 is 2.00 bits per heavy atom. The van der Waals surface area contributed by atoms with Crippen LogP contribution in [-0.2, 0) is 0 Å². The molecule has 0 aromatic heterocycles. The largest absolute Gasteiger partial charge is 0.395 e. The van der Waals surface area contributed by atoms with Gasteiger partial charge >= 0.3 is 0 Å². The third-order valence-electron chi connectivity index (χ3n) is 3.07. The Morgan fingerprint density at radius 3 is 2.58 bits per heavy atom. The van der Waals surface area contributed by atoms with Gasteiger partial charge in [-0.3, -0.25) is 4.79 Å². The normalized spacial score (nSPS) is 9.68. The third kappa shape index (κ3) is 3.84. The summed E-state index contributed by atoms with van der Waals surface area (Å²) in [4.78, 5) is 14.1. The maximum absolute atomic E-state index is 12.3. The molecule has 0 unspecified atom stereocenters. The van der Waals surface area contributed by atoms with Crippen LogP contribution in [0.15, 0.2) is 18.2 Å². The van der Waals surface area contributed by atoms with Crippen molar-refractivity contribution in [3.8, 4) is 11.8 Å². The van der Waals surface area contributed by atoms with E-state index in [1.165, 1.54) is 0 Å². The Hall–Kier alpha value is -1.79. The first-order valence-electron chi connectivity index (χ1n) is 6.64. The fourth-order valence-electron chi connectivity index (χ4n) is 1.90. The number of benzene rings is 1. The van der Waals surface area contributed by atoms with Crippen LogP contribution in [0.3, 0.4) is 0 Å². The predicted octanol–water partition coefficient (Wildman–Crippen LogP) is 2.21. The van der Waals surface area contributed by atoms with Gasteiger partial charge in [0, 0.05) is 30.6 Å². The molecule has 1 aromatic rings. The Balaban J connectivity index is 3.08. The van der Waals surface area contributed by atoms with Crippen molar-refractivity contribution < 1.29 is 9.90 Å². The molecule has 0 fully saturated rings. The van der Waals surface area contributed by atoms with Crippen molar-refractivity contribution in [3.05, 3.63) is 34.9 Å². The maximum Gasteiger partial charge on any atom is 0.254 e. The minimum atomic E-state index is 0.0494. The van der Waals surface area contributed by atoms with Crippen molar-refractivity contribution in [2.75, 3.05) is 19.7 Å². The molecule has 0 heterocycles. The number of hydrogen-bond donors (Lipinski definition) is 1. The molecule has 0 aliphatic carbocycles.